The second-order valence-electron chi connectivity index (χ2n) is 6.56. The average molecular weight is 368 g/mol. The number of aliphatic hydroxyl groups is 1. The molecule has 0 aliphatic carbocycles. The van der Waals surface area contributed by atoms with E-state index in [2.05, 4.69) is 24.0 Å². The molecule has 6 heteroatoms. The third-order valence-electron chi connectivity index (χ3n) is 3.85. The molecular weight excluding hydrogens is 344 g/mol. The minimum absolute atomic E-state index is 0.132. The first-order valence-corrected chi connectivity index (χ1v) is 9.05. The molecule has 0 unspecified atom stereocenters. The molecule has 0 spiro atoms. The van der Waals surface area contributed by atoms with Crippen molar-refractivity contribution in [1.82, 2.24) is 10.2 Å². The Morgan fingerprint density at radius 2 is 1.78 bits per heavy atom. The summed E-state index contributed by atoms with van der Waals surface area (Å²) in [6.45, 7) is 7.15. The van der Waals surface area contributed by atoms with Gasteiger partial charge in [-0.3, -0.25) is 0 Å². The molecule has 142 valence electrons. The maximum Gasteiger partial charge on any atom is 0.249 e. The second kappa shape index (κ2) is 8.68. The highest BCUT2D eigenvalue weighted by molar-refractivity contribution is 5.52. The van der Waals surface area contributed by atoms with Crippen molar-refractivity contribution in [2.75, 3.05) is 13.2 Å². The Labute approximate surface area is 158 Å². The highest BCUT2D eigenvalue weighted by atomic mass is 16.5. The third-order valence-corrected chi connectivity index (χ3v) is 3.85. The average Bonchev–Trinajstić information content (AvgIpc) is 3.17. The molecule has 0 fully saturated rings. The van der Waals surface area contributed by atoms with Crippen LogP contribution < -0.4 is 9.47 Å². The summed E-state index contributed by atoms with van der Waals surface area (Å²) in [5, 5.41) is 18.7. The topological polar surface area (TPSA) is 77.6 Å². The molecule has 1 heterocycles. The van der Waals surface area contributed by atoms with E-state index in [4.69, 9.17) is 13.9 Å². The SMILES string of the molecule is CCOc1cc([C@H](O)c2nnc(-c3ccccc3)o2)ccc1OCC(C)C. The van der Waals surface area contributed by atoms with Crippen LogP contribution in [0, 0.1) is 5.92 Å². The quantitative estimate of drug-likeness (QED) is 0.640. The summed E-state index contributed by atoms with van der Waals surface area (Å²) >= 11 is 0. The number of hydrogen-bond donors (Lipinski definition) is 1. The Hall–Kier alpha value is -2.86. The van der Waals surface area contributed by atoms with Crippen LogP contribution in [0.3, 0.4) is 0 Å². The predicted octanol–water partition coefficient (Wildman–Crippen LogP) is 4.25. The van der Waals surface area contributed by atoms with E-state index in [1.165, 1.54) is 0 Å². The third kappa shape index (κ3) is 4.65. The minimum atomic E-state index is -1.05. The molecule has 0 saturated carbocycles. The molecule has 1 aromatic heterocycles. The Balaban J connectivity index is 1.83. The maximum absolute atomic E-state index is 10.7. The summed E-state index contributed by atoms with van der Waals surface area (Å²) in [7, 11) is 0. The molecule has 1 N–H and O–H groups in total. The lowest BCUT2D eigenvalue weighted by atomic mass is 10.1. The van der Waals surface area contributed by atoms with E-state index < -0.39 is 6.10 Å². The van der Waals surface area contributed by atoms with Crippen LogP contribution in [0.5, 0.6) is 11.5 Å². The Bertz CT molecular complexity index is 862. The van der Waals surface area contributed by atoms with Crippen molar-refractivity contribution in [3.05, 3.63) is 60.0 Å². The smallest absolute Gasteiger partial charge is 0.249 e. The predicted molar refractivity (Wildman–Crippen MR) is 102 cm³/mol. The van der Waals surface area contributed by atoms with Crippen molar-refractivity contribution in [3.63, 3.8) is 0 Å². The van der Waals surface area contributed by atoms with Gasteiger partial charge in [-0.15, -0.1) is 10.2 Å². The lowest BCUT2D eigenvalue weighted by Crippen LogP contribution is -2.07. The van der Waals surface area contributed by atoms with Crippen LogP contribution in [0.25, 0.3) is 11.5 Å². The van der Waals surface area contributed by atoms with Gasteiger partial charge in [0.25, 0.3) is 0 Å². The molecule has 3 rings (SSSR count). The van der Waals surface area contributed by atoms with Crippen LogP contribution in [0.15, 0.2) is 52.9 Å². The Morgan fingerprint density at radius 1 is 1.00 bits per heavy atom. The molecule has 0 amide bonds. The minimum Gasteiger partial charge on any atom is -0.490 e. The Kier molecular flexibility index (Phi) is 6.08. The molecule has 0 aliphatic heterocycles. The van der Waals surface area contributed by atoms with Gasteiger partial charge in [-0.25, -0.2) is 0 Å². The van der Waals surface area contributed by atoms with Gasteiger partial charge in [0.1, 0.15) is 0 Å². The van der Waals surface area contributed by atoms with Crippen molar-refractivity contribution >= 4 is 0 Å². The summed E-state index contributed by atoms with van der Waals surface area (Å²) < 4.78 is 17.1. The van der Waals surface area contributed by atoms with Crippen LogP contribution in [-0.2, 0) is 0 Å². The normalized spacial score (nSPS) is 12.2. The largest absolute Gasteiger partial charge is 0.490 e. The molecule has 0 radical (unpaired) electrons. The molecule has 6 nitrogen and oxygen atoms in total. The first-order chi connectivity index (χ1) is 13.1. The first kappa shape index (κ1) is 18.9. The highest BCUT2D eigenvalue weighted by Gasteiger charge is 2.20. The molecule has 1 atom stereocenters. The number of aromatic nitrogens is 2. The molecule has 0 aliphatic rings. The zero-order valence-corrected chi connectivity index (χ0v) is 15.8. The number of aliphatic hydroxyl groups excluding tert-OH is 1. The molecule has 0 saturated heterocycles. The van der Waals surface area contributed by atoms with E-state index in [9.17, 15) is 5.11 Å². The fraction of sp³-hybridized carbons (Fsp3) is 0.333. The zero-order chi connectivity index (χ0) is 19.2. The standard InChI is InChI=1S/C21H24N2O4/c1-4-25-18-12-16(10-11-17(18)26-13-14(2)3)19(24)21-23-22-20(27-21)15-8-6-5-7-9-15/h5-12,14,19,24H,4,13H2,1-3H3/t19-/m0/s1. The van der Waals surface area contributed by atoms with Gasteiger partial charge in [-0.1, -0.05) is 38.1 Å². The van der Waals surface area contributed by atoms with Crippen LogP contribution in [0.4, 0.5) is 0 Å². The van der Waals surface area contributed by atoms with Gasteiger partial charge in [0, 0.05) is 5.56 Å². The molecular formula is C21H24N2O4. The zero-order valence-electron chi connectivity index (χ0n) is 15.8. The molecule has 27 heavy (non-hydrogen) atoms. The Morgan fingerprint density at radius 3 is 2.48 bits per heavy atom. The van der Waals surface area contributed by atoms with Gasteiger partial charge in [0.2, 0.25) is 11.8 Å². The second-order valence-corrected chi connectivity index (χ2v) is 6.56. The van der Waals surface area contributed by atoms with Crippen LogP contribution in [0.1, 0.15) is 38.3 Å². The van der Waals surface area contributed by atoms with Crippen molar-refractivity contribution in [2.45, 2.75) is 26.9 Å². The number of benzene rings is 2. The van der Waals surface area contributed by atoms with Gasteiger partial charge in [-0.05, 0) is 42.7 Å². The molecule has 3 aromatic rings. The number of hydrogen-bond acceptors (Lipinski definition) is 6. The monoisotopic (exact) mass is 368 g/mol. The fourth-order valence-corrected chi connectivity index (χ4v) is 2.52. The van der Waals surface area contributed by atoms with E-state index in [-0.39, 0.29) is 5.89 Å². The van der Waals surface area contributed by atoms with Crippen molar-refractivity contribution < 1.29 is 19.0 Å². The van der Waals surface area contributed by atoms with Gasteiger partial charge < -0.3 is 19.0 Å². The lowest BCUT2D eigenvalue weighted by Gasteiger charge is -2.15. The van der Waals surface area contributed by atoms with Crippen molar-refractivity contribution in [1.29, 1.82) is 0 Å². The summed E-state index contributed by atoms with van der Waals surface area (Å²) in [6.07, 6.45) is -1.05. The lowest BCUT2D eigenvalue weighted by molar-refractivity contribution is 0.182. The maximum atomic E-state index is 10.7. The summed E-state index contributed by atoms with van der Waals surface area (Å²) in [5.41, 5.74) is 1.40. The van der Waals surface area contributed by atoms with Gasteiger partial charge >= 0.3 is 0 Å². The van der Waals surface area contributed by atoms with E-state index >= 15 is 0 Å². The molecule has 0 bridgehead atoms. The summed E-state index contributed by atoms with van der Waals surface area (Å²) in [5.74, 6) is 2.13. The molecule has 2 aromatic carbocycles. The summed E-state index contributed by atoms with van der Waals surface area (Å²) in [4.78, 5) is 0. The summed E-state index contributed by atoms with van der Waals surface area (Å²) in [6, 6.07) is 14.7. The number of rotatable bonds is 8. The van der Waals surface area contributed by atoms with Crippen LogP contribution >= 0.6 is 0 Å². The van der Waals surface area contributed by atoms with E-state index in [1.54, 1.807) is 18.2 Å². The van der Waals surface area contributed by atoms with Gasteiger partial charge in [0.15, 0.2) is 17.6 Å². The number of ether oxygens (including phenoxy) is 2. The van der Waals surface area contributed by atoms with E-state index in [0.29, 0.717) is 42.1 Å². The van der Waals surface area contributed by atoms with Crippen molar-refractivity contribution in [3.8, 4) is 23.0 Å². The van der Waals surface area contributed by atoms with Gasteiger partial charge in [-0.2, -0.15) is 0 Å². The van der Waals surface area contributed by atoms with E-state index in [0.717, 1.165) is 5.56 Å². The van der Waals surface area contributed by atoms with Crippen LogP contribution in [0.2, 0.25) is 0 Å². The van der Waals surface area contributed by atoms with Crippen molar-refractivity contribution in [2.24, 2.45) is 5.92 Å². The fourth-order valence-electron chi connectivity index (χ4n) is 2.52. The van der Waals surface area contributed by atoms with E-state index in [1.807, 2.05) is 37.3 Å². The van der Waals surface area contributed by atoms with Gasteiger partial charge in [0.05, 0.1) is 13.2 Å². The first-order valence-electron chi connectivity index (χ1n) is 9.05. The number of nitrogens with zero attached hydrogens (tertiary/aromatic N) is 2. The van der Waals surface area contributed by atoms with Crippen LogP contribution in [-0.4, -0.2) is 28.5 Å². The highest BCUT2D eigenvalue weighted by Crippen LogP contribution is 2.33.